The summed E-state index contributed by atoms with van der Waals surface area (Å²) in [5.41, 5.74) is 5.67. The van der Waals surface area contributed by atoms with Crippen LogP contribution in [0.25, 0.3) is 11.0 Å². The van der Waals surface area contributed by atoms with Crippen molar-refractivity contribution in [1.29, 1.82) is 0 Å². The number of aliphatic hydroxyl groups is 3. The molecule has 3 heterocycles. The standard InChI is InChI=1S/C11H14N4O5/c12-11-14-9-3(10(19)15-11)1-4(13-9)8-7(18)6(17)5(2-16)20-8/h1,5-8,16-18H,2H2,(H4,12,13,14,15,19)/t5-,6-,7-,8+/m1/s1. The summed E-state index contributed by atoms with van der Waals surface area (Å²) in [6, 6.07) is 1.47. The lowest BCUT2D eigenvalue weighted by Crippen LogP contribution is -2.32. The van der Waals surface area contributed by atoms with Crippen LogP contribution in [0.1, 0.15) is 11.8 Å². The van der Waals surface area contributed by atoms with Crippen LogP contribution in [0.5, 0.6) is 0 Å². The number of H-pyrrole nitrogens is 2. The lowest BCUT2D eigenvalue weighted by Gasteiger charge is -2.12. The van der Waals surface area contributed by atoms with Crippen molar-refractivity contribution in [1.82, 2.24) is 15.0 Å². The largest absolute Gasteiger partial charge is 0.394 e. The maximum Gasteiger partial charge on any atom is 0.261 e. The number of aliphatic hydroxyl groups excluding tert-OH is 3. The second kappa shape index (κ2) is 4.56. The highest BCUT2D eigenvalue weighted by Crippen LogP contribution is 2.33. The van der Waals surface area contributed by atoms with E-state index in [0.29, 0.717) is 5.69 Å². The van der Waals surface area contributed by atoms with Gasteiger partial charge in [-0.1, -0.05) is 0 Å². The van der Waals surface area contributed by atoms with Crippen LogP contribution in [0.4, 0.5) is 5.95 Å². The number of nitrogens with two attached hydrogens (primary N) is 1. The van der Waals surface area contributed by atoms with Crippen LogP contribution >= 0.6 is 0 Å². The quantitative estimate of drug-likeness (QED) is 0.371. The first-order valence-electron chi connectivity index (χ1n) is 6.02. The molecule has 1 fully saturated rings. The van der Waals surface area contributed by atoms with Crippen molar-refractivity contribution >= 4 is 17.0 Å². The van der Waals surface area contributed by atoms with Gasteiger partial charge in [-0.05, 0) is 6.07 Å². The Morgan fingerprint density at radius 1 is 1.35 bits per heavy atom. The Hall–Kier alpha value is -1.94. The number of ether oxygens (including phenoxy) is 1. The molecule has 3 rings (SSSR count). The van der Waals surface area contributed by atoms with Gasteiger partial charge in [-0.25, -0.2) is 0 Å². The molecule has 0 radical (unpaired) electrons. The number of nitrogen functional groups attached to an aromatic ring is 1. The van der Waals surface area contributed by atoms with Crippen LogP contribution < -0.4 is 11.3 Å². The molecule has 4 atom stereocenters. The molecule has 0 unspecified atom stereocenters. The number of nitrogens with one attached hydrogen (secondary N) is 2. The van der Waals surface area contributed by atoms with Gasteiger partial charge in [0.05, 0.1) is 12.0 Å². The molecule has 9 heteroatoms. The van der Waals surface area contributed by atoms with E-state index in [0.717, 1.165) is 0 Å². The van der Waals surface area contributed by atoms with Crippen molar-refractivity contribution in [3.05, 3.63) is 22.1 Å². The summed E-state index contributed by atoms with van der Waals surface area (Å²) >= 11 is 0. The molecule has 0 aliphatic carbocycles. The molecule has 2 aromatic rings. The van der Waals surface area contributed by atoms with Crippen LogP contribution in [0, 0.1) is 0 Å². The van der Waals surface area contributed by atoms with Crippen molar-refractivity contribution in [2.75, 3.05) is 12.3 Å². The number of aromatic nitrogens is 3. The minimum absolute atomic E-state index is 0.0305. The fourth-order valence-electron chi connectivity index (χ4n) is 2.37. The molecule has 0 bridgehead atoms. The third-order valence-electron chi connectivity index (χ3n) is 3.39. The minimum Gasteiger partial charge on any atom is -0.394 e. The molecule has 0 saturated carbocycles. The van der Waals surface area contributed by atoms with Gasteiger partial charge in [-0.15, -0.1) is 0 Å². The third kappa shape index (κ3) is 1.88. The molecule has 0 spiro atoms. The van der Waals surface area contributed by atoms with E-state index in [1.54, 1.807) is 0 Å². The van der Waals surface area contributed by atoms with E-state index in [4.69, 9.17) is 15.6 Å². The van der Waals surface area contributed by atoms with Crippen LogP contribution in [0.2, 0.25) is 0 Å². The first-order valence-corrected chi connectivity index (χ1v) is 6.02. The predicted octanol–water partition coefficient (Wildman–Crippen LogP) is -2.01. The Morgan fingerprint density at radius 3 is 2.75 bits per heavy atom. The van der Waals surface area contributed by atoms with E-state index < -0.39 is 36.6 Å². The van der Waals surface area contributed by atoms with Crippen LogP contribution in [-0.2, 0) is 4.74 Å². The monoisotopic (exact) mass is 282 g/mol. The molecule has 108 valence electrons. The second-order valence-electron chi connectivity index (χ2n) is 4.70. The van der Waals surface area contributed by atoms with E-state index in [1.165, 1.54) is 6.07 Å². The van der Waals surface area contributed by atoms with Crippen molar-refractivity contribution in [3.8, 4) is 0 Å². The SMILES string of the molecule is Nc1nc2[nH]c([C@@H]3O[C@H](CO)[C@@H](O)[C@H]3O)cc2c(=O)[nH]1. The molecule has 0 aromatic carbocycles. The summed E-state index contributed by atoms with van der Waals surface area (Å²) in [6.07, 6.45) is -4.17. The average molecular weight is 282 g/mol. The zero-order valence-electron chi connectivity index (χ0n) is 10.3. The highest BCUT2D eigenvalue weighted by molar-refractivity contribution is 5.76. The number of hydrogen-bond acceptors (Lipinski definition) is 7. The Morgan fingerprint density at radius 2 is 2.10 bits per heavy atom. The van der Waals surface area contributed by atoms with Gasteiger partial charge in [-0.3, -0.25) is 9.78 Å². The number of fused-ring (bicyclic) bond motifs is 1. The lowest BCUT2D eigenvalue weighted by atomic mass is 10.1. The van der Waals surface area contributed by atoms with Gasteiger partial charge in [0.1, 0.15) is 30.1 Å². The summed E-state index contributed by atoms with van der Waals surface area (Å²) in [7, 11) is 0. The maximum atomic E-state index is 11.7. The topological polar surface area (TPSA) is 157 Å². The van der Waals surface area contributed by atoms with Gasteiger partial charge in [0.15, 0.2) is 0 Å². The number of hydrogen-bond donors (Lipinski definition) is 6. The summed E-state index contributed by atoms with van der Waals surface area (Å²) in [6.45, 7) is -0.416. The van der Waals surface area contributed by atoms with E-state index in [2.05, 4.69) is 15.0 Å². The number of aromatic amines is 2. The predicted molar refractivity (Wildman–Crippen MR) is 67.8 cm³/mol. The highest BCUT2D eigenvalue weighted by atomic mass is 16.6. The Bertz CT molecular complexity index is 696. The Kier molecular flexibility index (Phi) is 2.98. The van der Waals surface area contributed by atoms with Gasteiger partial charge >= 0.3 is 0 Å². The number of rotatable bonds is 2. The Balaban J connectivity index is 2.03. The molecule has 2 aromatic heterocycles. The lowest BCUT2D eigenvalue weighted by molar-refractivity contribution is -0.0237. The van der Waals surface area contributed by atoms with Crippen molar-refractivity contribution in [3.63, 3.8) is 0 Å². The molecular weight excluding hydrogens is 268 g/mol. The zero-order chi connectivity index (χ0) is 14.4. The van der Waals surface area contributed by atoms with E-state index >= 15 is 0 Å². The van der Waals surface area contributed by atoms with Gasteiger partial charge in [-0.2, -0.15) is 4.98 Å². The Labute approximate surface area is 112 Å². The van der Waals surface area contributed by atoms with Crippen LogP contribution in [0.3, 0.4) is 0 Å². The van der Waals surface area contributed by atoms with Gasteiger partial charge in [0, 0.05) is 5.69 Å². The van der Waals surface area contributed by atoms with Crippen LogP contribution in [-0.4, -0.2) is 55.2 Å². The molecular formula is C11H14N4O5. The zero-order valence-corrected chi connectivity index (χ0v) is 10.3. The molecule has 1 aliphatic heterocycles. The fourth-order valence-corrected chi connectivity index (χ4v) is 2.37. The van der Waals surface area contributed by atoms with Crippen molar-refractivity contribution in [2.45, 2.75) is 24.4 Å². The normalized spacial score (nSPS) is 30.1. The summed E-state index contributed by atoms with van der Waals surface area (Å²) in [5.74, 6) is -0.0305. The van der Waals surface area contributed by atoms with Gasteiger partial charge < -0.3 is 30.8 Å². The van der Waals surface area contributed by atoms with E-state index in [1.807, 2.05) is 0 Å². The number of nitrogens with zero attached hydrogens (tertiary/aromatic N) is 1. The van der Waals surface area contributed by atoms with Gasteiger partial charge in [0.25, 0.3) is 5.56 Å². The second-order valence-corrected chi connectivity index (χ2v) is 4.70. The summed E-state index contributed by atoms with van der Waals surface area (Å²) < 4.78 is 5.37. The maximum absolute atomic E-state index is 11.7. The van der Waals surface area contributed by atoms with Crippen LogP contribution in [0.15, 0.2) is 10.9 Å². The molecule has 1 aliphatic rings. The first-order chi connectivity index (χ1) is 9.51. The smallest absolute Gasteiger partial charge is 0.261 e. The minimum atomic E-state index is -1.21. The molecule has 0 amide bonds. The van der Waals surface area contributed by atoms with Gasteiger partial charge in [0.2, 0.25) is 5.95 Å². The third-order valence-corrected chi connectivity index (χ3v) is 3.39. The summed E-state index contributed by atoms with van der Waals surface area (Å²) in [4.78, 5) is 20.8. The summed E-state index contributed by atoms with van der Waals surface area (Å²) in [5, 5.41) is 29.0. The molecule has 7 N–H and O–H groups in total. The van der Waals surface area contributed by atoms with E-state index in [-0.39, 0.29) is 17.0 Å². The first kappa shape index (κ1) is 13.1. The van der Waals surface area contributed by atoms with E-state index in [9.17, 15) is 15.0 Å². The number of anilines is 1. The fraction of sp³-hybridized carbons (Fsp3) is 0.455. The van der Waals surface area contributed by atoms with Crippen molar-refractivity contribution < 1.29 is 20.1 Å². The highest BCUT2D eigenvalue weighted by Gasteiger charge is 2.43. The van der Waals surface area contributed by atoms with Crippen molar-refractivity contribution in [2.24, 2.45) is 0 Å². The molecule has 1 saturated heterocycles. The molecule has 20 heavy (non-hydrogen) atoms. The average Bonchev–Trinajstić information content (AvgIpc) is 2.93. The molecule has 9 nitrogen and oxygen atoms in total.